The lowest BCUT2D eigenvalue weighted by Crippen LogP contribution is -2.07. The highest BCUT2D eigenvalue weighted by molar-refractivity contribution is 5.25. The van der Waals surface area contributed by atoms with Crippen LogP contribution in [0.2, 0.25) is 0 Å². The molecular weight excluding hydrogens is 132 g/mol. The second-order valence-corrected chi connectivity index (χ2v) is 3.57. The maximum absolute atomic E-state index is 3.43. The summed E-state index contributed by atoms with van der Waals surface area (Å²) < 4.78 is 0. The monoisotopic (exact) mass is 147 g/mol. The maximum atomic E-state index is 3.43. The Balaban J connectivity index is 1.97. The van der Waals surface area contributed by atoms with E-state index in [9.17, 15) is 0 Å². The summed E-state index contributed by atoms with van der Waals surface area (Å²) in [6.07, 6.45) is 16.1. The molecule has 59 valence electrons. The van der Waals surface area contributed by atoms with Crippen molar-refractivity contribution in [2.45, 2.75) is 38.5 Å². The van der Waals surface area contributed by atoms with Crippen LogP contribution in [-0.2, 0) is 0 Å². The molecule has 1 saturated carbocycles. The van der Waals surface area contributed by atoms with E-state index in [1.165, 1.54) is 37.7 Å². The minimum atomic E-state index is 0.863. The molecule has 0 unspecified atom stereocenters. The first kappa shape index (κ1) is 7.15. The van der Waals surface area contributed by atoms with Crippen LogP contribution in [0, 0.1) is 12.0 Å². The number of hydrogen-bond acceptors (Lipinski definition) is 0. The fraction of sp³-hybridized carbons (Fsp3) is 0.636. The Bertz CT molecular complexity index is 180. The molecule has 2 aliphatic rings. The van der Waals surface area contributed by atoms with Crippen LogP contribution in [0.5, 0.6) is 0 Å². The van der Waals surface area contributed by atoms with Gasteiger partial charge in [-0.3, -0.25) is 0 Å². The average molecular weight is 147 g/mol. The van der Waals surface area contributed by atoms with E-state index in [1.807, 2.05) is 0 Å². The summed E-state index contributed by atoms with van der Waals surface area (Å²) in [4.78, 5) is 0. The standard InChI is InChI=1S/C11H15/c1-2-6-10(7-3-1)11-8-4-5-9-11/h4,8,10H,1-3,5-7H2. The molecule has 2 aliphatic carbocycles. The fourth-order valence-electron chi connectivity index (χ4n) is 2.12. The van der Waals surface area contributed by atoms with Gasteiger partial charge in [0.25, 0.3) is 0 Å². The van der Waals surface area contributed by atoms with Gasteiger partial charge in [0, 0.05) is 0 Å². The van der Waals surface area contributed by atoms with Gasteiger partial charge in [-0.15, -0.1) is 0 Å². The van der Waals surface area contributed by atoms with E-state index in [-0.39, 0.29) is 0 Å². The second-order valence-electron chi connectivity index (χ2n) is 3.57. The minimum Gasteiger partial charge on any atom is -0.0798 e. The SMILES string of the molecule is [C]1=C(C2CCCCC2)C=CC1. The summed E-state index contributed by atoms with van der Waals surface area (Å²) in [7, 11) is 0. The Morgan fingerprint density at radius 2 is 2.00 bits per heavy atom. The molecular formula is C11H15. The highest BCUT2D eigenvalue weighted by Crippen LogP contribution is 2.31. The average Bonchev–Trinajstić information content (AvgIpc) is 2.58. The van der Waals surface area contributed by atoms with E-state index in [1.54, 1.807) is 0 Å². The van der Waals surface area contributed by atoms with Crippen molar-refractivity contribution in [2.24, 2.45) is 5.92 Å². The maximum Gasteiger partial charge on any atom is -0.00884 e. The molecule has 0 N–H and O–H groups in total. The van der Waals surface area contributed by atoms with Gasteiger partial charge in [-0.1, -0.05) is 31.4 Å². The predicted octanol–water partition coefficient (Wildman–Crippen LogP) is 3.26. The fourth-order valence-corrected chi connectivity index (χ4v) is 2.12. The van der Waals surface area contributed by atoms with E-state index in [0.717, 1.165) is 12.3 Å². The zero-order valence-electron chi connectivity index (χ0n) is 6.97. The van der Waals surface area contributed by atoms with Crippen LogP contribution in [0.1, 0.15) is 38.5 Å². The highest BCUT2D eigenvalue weighted by Gasteiger charge is 2.16. The summed E-state index contributed by atoms with van der Waals surface area (Å²) in [5.41, 5.74) is 1.50. The van der Waals surface area contributed by atoms with Crippen LogP contribution in [0.15, 0.2) is 17.7 Å². The van der Waals surface area contributed by atoms with Crippen molar-refractivity contribution in [1.29, 1.82) is 0 Å². The Hall–Kier alpha value is -0.520. The lowest BCUT2D eigenvalue weighted by molar-refractivity contribution is 0.408. The third-order valence-corrected chi connectivity index (χ3v) is 2.77. The number of hydrogen-bond donors (Lipinski definition) is 0. The smallest absolute Gasteiger partial charge is 0.00884 e. The van der Waals surface area contributed by atoms with E-state index in [2.05, 4.69) is 18.2 Å². The zero-order valence-corrected chi connectivity index (χ0v) is 6.97. The molecule has 0 atom stereocenters. The van der Waals surface area contributed by atoms with Crippen LogP contribution in [0.25, 0.3) is 0 Å². The van der Waals surface area contributed by atoms with Gasteiger partial charge in [-0.25, -0.2) is 0 Å². The lowest BCUT2D eigenvalue weighted by atomic mass is 9.84. The normalized spacial score (nSPS) is 25.6. The molecule has 2 rings (SSSR count). The van der Waals surface area contributed by atoms with Gasteiger partial charge < -0.3 is 0 Å². The third-order valence-electron chi connectivity index (χ3n) is 2.77. The van der Waals surface area contributed by atoms with Crippen LogP contribution in [-0.4, -0.2) is 0 Å². The van der Waals surface area contributed by atoms with Crippen LogP contribution < -0.4 is 0 Å². The largest absolute Gasteiger partial charge is 0.0798 e. The second kappa shape index (κ2) is 3.25. The van der Waals surface area contributed by atoms with Crippen molar-refractivity contribution in [3.63, 3.8) is 0 Å². The summed E-state index contributed by atoms with van der Waals surface area (Å²) in [6, 6.07) is 0. The van der Waals surface area contributed by atoms with E-state index >= 15 is 0 Å². The van der Waals surface area contributed by atoms with Crippen molar-refractivity contribution in [3.05, 3.63) is 23.8 Å². The summed E-state index contributed by atoms with van der Waals surface area (Å²) in [6.45, 7) is 0. The van der Waals surface area contributed by atoms with Crippen molar-refractivity contribution < 1.29 is 0 Å². The van der Waals surface area contributed by atoms with Crippen LogP contribution in [0.4, 0.5) is 0 Å². The predicted molar refractivity (Wildman–Crippen MR) is 47.1 cm³/mol. The van der Waals surface area contributed by atoms with Gasteiger partial charge in [0.15, 0.2) is 0 Å². The molecule has 0 aromatic rings. The van der Waals surface area contributed by atoms with E-state index in [4.69, 9.17) is 0 Å². The molecule has 0 bridgehead atoms. The molecule has 0 amide bonds. The van der Waals surface area contributed by atoms with Gasteiger partial charge in [0.05, 0.1) is 0 Å². The molecule has 0 spiro atoms. The first-order valence-electron chi connectivity index (χ1n) is 4.74. The topological polar surface area (TPSA) is 0 Å². The molecule has 0 saturated heterocycles. The highest BCUT2D eigenvalue weighted by atomic mass is 14.2. The molecule has 0 aliphatic heterocycles. The molecule has 1 radical (unpaired) electrons. The molecule has 0 aromatic heterocycles. The molecule has 0 heteroatoms. The minimum absolute atomic E-state index is 0.863. The van der Waals surface area contributed by atoms with Gasteiger partial charge in [0.2, 0.25) is 0 Å². The Labute approximate surface area is 69.0 Å². The van der Waals surface area contributed by atoms with Gasteiger partial charge in [-0.05, 0) is 36.8 Å². The van der Waals surface area contributed by atoms with Crippen molar-refractivity contribution in [1.82, 2.24) is 0 Å². The van der Waals surface area contributed by atoms with Crippen molar-refractivity contribution in [2.75, 3.05) is 0 Å². The van der Waals surface area contributed by atoms with Gasteiger partial charge >= 0.3 is 0 Å². The Kier molecular flexibility index (Phi) is 2.11. The molecule has 0 aromatic carbocycles. The van der Waals surface area contributed by atoms with E-state index < -0.39 is 0 Å². The quantitative estimate of drug-likeness (QED) is 0.534. The van der Waals surface area contributed by atoms with Crippen LogP contribution >= 0.6 is 0 Å². The molecule has 11 heavy (non-hydrogen) atoms. The Morgan fingerprint density at radius 1 is 1.18 bits per heavy atom. The Morgan fingerprint density at radius 3 is 2.64 bits per heavy atom. The van der Waals surface area contributed by atoms with Gasteiger partial charge in [0.1, 0.15) is 0 Å². The first-order chi connectivity index (χ1) is 5.47. The first-order valence-corrected chi connectivity index (χ1v) is 4.74. The van der Waals surface area contributed by atoms with Crippen LogP contribution in [0.3, 0.4) is 0 Å². The van der Waals surface area contributed by atoms with Crippen molar-refractivity contribution >= 4 is 0 Å². The zero-order chi connectivity index (χ0) is 7.52. The third kappa shape index (κ3) is 1.55. The molecule has 0 nitrogen and oxygen atoms in total. The van der Waals surface area contributed by atoms with E-state index in [0.29, 0.717) is 0 Å². The van der Waals surface area contributed by atoms with Crippen molar-refractivity contribution in [3.8, 4) is 0 Å². The molecule has 0 heterocycles. The summed E-state index contributed by atoms with van der Waals surface area (Å²) in [5.74, 6) is 0.863. The lowest BCUT2D eigenvalue weighted by Gasteiger charge is -2.21. The van der Waals surface area contributed by atoms with Gasteiger partial charge in [-0.2, -0.15) is 0 Å². The summed E-state index contributed by atoms with van der Waals surface area (Å²) >= 11 is 0. The molecule has 1 fully saturated rings. The summed E-state index contributed by atoms with van der Waals surface area (Å²) in [5, 5.41) is 0. The number of rotatable bonds is 1. The number of allylic oxidation sites excluding steroid dienone is 4.